The van der Waals surface area contributed by atoms with E-state index in [9.17, 15) is 14.0 Å². The Morgan fingerprint density at radius 2 is 1.97 bits per heavy atom. The van der Waals surface area contributed by atoms with Gasteiger partial charge in [0.2, 0.25) is 5.78 Å². The maximum atomic E-state index is 13.9. The van der Waals surface area contributed by atoms with Crippen molar-refractivity contribution in [3.8, 4) is 22.8 Å². The third-order valence-corrected chi connectivity index (χ3v) is 5.63. The molecule has 1 amide bonds. The standard InChI is InChI=1S/C22H17FN2O5S/c1-28-18-7-6-12(8-19(18)29-2)21(27)24-9-17(26)22-25-16(10-30-22)14-11-31-20-13(14)4-3-5-15(20)23/h3-8,10-11H,9H2,1-2H3,(H,24,27). The molecule has 2 aromatic carbocycles. The van der Waals surface area contributed by atoms with Gasteiger partial charge < -0.3 is 19.2 Å². The molecule has 158 valence electrons. The summed E-state index contributed by atoms with van der Waals surface area (Å²) in [4.78, 5) is 29.0. The summed E-state index contributed by atoms with van der Waals surface area (Å²) in [7, 11) is 2.96. The number of carbonyl (C=O) groups excluding carboxylic acids is 2. The Morgan fingerprint density at radius 3 is 2.74 bits per heavy atom. The van der Waals surface area contributed by atoms with Gasteiger partial charge in [-0.3, -0.25) is 9.59 Å². The number of aromatic nitrogens is 1. The molecule has 9 heteroatoms. The summed E-state index contributed by atoms with van der Waals surface area (Å²) < 4.78 is 30.0. The SMILES string of the molecule is COc1ccc(C(=O)NCC(=O)c2nc(-c3csc4c(F)cccc34)co2)cc1OC. The molecule has 4 aromatic rings. The third kappa shape index (κ3) is 3.99. The number of oxazole rings is 1. The fourth-order valence-corrected chi connectivity index (χ4v) is 4.03. The van der Waals surface area contributed by atoms with Crippen LogP contribution >= 0.6 is 11.3 Å². The molecule has 0 radical (unpaired) electrons. The maximum absolute atomic E-state index is 13.9. The zero-order valence-electron chi connectivity index (χ0n) is 16.6. The van der Waals surface area contributed by atoms with Gasteiger partial charge in [-0.25, -0.2) is 9.37 Å². The second-order valence-corrected chi connectivity index (χ2v) is 7.36. The van der Waals surface area contributed by atoms with Gasteiger partial charge in [0.15, 0.2) is 11.5 Å². The molecule has 0 unspecified atom stereocenters. The predicted molar refractivity (Wildman–Crippen MR) is 113 cm³/mol. The number of ketones is 1. The van der Waals surface area contributed by atoms with Gasteiger partial charge in [0.25, 0.3) is 11.8 Å². The Balaban J connectivity index is 1.46. The number of fused-ring (bicyclic) bond motifs is 1. The van der Waals surface area contributed by atoms with Crippen LogP contribution in [0.5, 0.6) is 11.5 Å². The van der Waals surface area contributed by atoms with Crippen LogP contribution in [0.2, 0.25) is 0 Å². The summed E-state index contributed by atoms with van der Waals surface area (Å²) in [6.07, 6.45) is 1.34. The molecule has 4 rings (SSSR count). The fraction of sp³-hybridized carbons (Fsp3) is 0.136. The minimum Gasteiger partial charge on any atom is -0.493 e. The molecule has 0 spiro atoms. The quantitative estimate of drug-likeness (QED) is 0.430. The van der Waals surface area contributed by atoms with E-state index in [1.807, 2.05) is 0 Å². The van der Waals surface area contributed by atoms with Gasteiger partial charge in [-0.15, -0.1) is 11.3 Å². The van der Waals surface area contributed by atoms with Gasteiger partial charge in [-0.1, -0.05) is 12.1 Å². The Kier molecular flexibility index (Phi) is 5.68. The monoisotopic (exact) mass is 440 g/mol. The third-order valence-electron chi connectivity index (χ3n) is 4.63. The summed E-state index contributed by atoms with van der Waals surface area (Å²) >= 11 is 1.25. The molecule has 0 fully saturated rings. The number of hydrogen-bond donors (Lipinski definition) is 1. The summed E-state index contributed by atoms with van der Waals surface area (Å²) in [5, 5.41) is 4.99. The van der Waals surface area contributed by atoms with Crippen LogP contribution < -0.4 is 14.8 Å². The van der Waals surface area contributed by atoms with E-state index < -0.39 is 11.7 Å². The van der Waals surface area contributed by atoms with E-state index in [2.05, 4.69) is 10.3 Å². The molecule has 0 bridgehead atoms. The number of ether oxygens (including phenoxy) is 2. The van der Waals surface area contributed by atoms with Crippen molar-refractivity contribution in [1.82, 2.24) is 10.3 Å². The van der Waals surface area contributed by atoms with Gasteiger partial charge in [0.05, 0.1) is 25.5 Å². The summed E-state index contributed by atoms with van der Waals surface area (Å²) in [6, 6.07) is 9.47. The highest BCUT2D eigenvalue weighted by atomic mass is 32.1. The number of benzene rings is 2. The highest BCUT2D eigenvalue weighted by molar-refractivity contribution is 7.17. The van der Waals surface area contributed by atoms with Gasteiger partial charge in [0, 0.05) is 21.9 Å². The molecule has 31 heavy (non-hydrogen) atoms. The van der Waals surface area contributed by atoms with Crippen molar-refractivity contribution >= 4 is 33.1 Å². The van der Waals surface area contributed by atoms with Gasteiger partial charge in [-0.05, 0) is 24.3 Å². The number of hydrogen-bond acceptors (Lipinski definition) is 7. The topological polar surface area (TPSA) is 90.7 Å². The maximum Gasteiger partial charge on any atom is 0.265 e. The molecule has 1 N–H and O–H groups in total. The number of rotatable bonds is 7. The molecule has 2 heterocycles. The molecular formula is C22H17FN2O5S. The normalized spacial score (nSPS) is 10.8. The van der Waals surface area contributed by atoms with Gasteiger partial charge in [0.1, 0.15) is 17.8 Å². The molecule has 0 aliphatic heterocycles. The lowest BCUT2D eigenvalue weighted by Gasteiger charge is -2.09. The van der Waals surface area contributed by atoms with Crippen LogP contribution in [0.15, 0.2) is 52.5 Å². The van der Waals surface area contributed by atoms with E-state index in [1.54, 1.807) is 29.6 Å². The molecule has 0 aliphatic carbocycles. The summed E-state index contributed by atoms with van der Waals surface area (Å²) in [5.41, 5.74) is 1.41. The lowest BCUT2D eigenvalue weighted by atomic mass is 10.1. The van der Waals surface area contributed by atoms with Gasteiger partial charge >= 0.3 is 0 Å². The average Bonchev–Trinajstić information content (AvgIpc) is 3.44. The Hall–Kier alpha value is -3.72. The molecule has 7 nitrogen and oxygen atoms in total. The van der Waals surface area contributed by atoms with Crippen molar-refractivity contribution in [3.05, 3.63) is 65.3 Å². The number of methoxy groups -OCH3 is 2. The number of nitrogens with zero attached hydrogens (tertiary/aromatic N) is 1. The molecule has 0 atom stereocenters. The average molecular weight is 440 g/mol. The number of amides is 1. The van der Waals surface area contributed by atoms with Crippen molar-refractivity contribution in [2.75, 3.05) is 20.8 Å². The highest BCUT2D eigenvalue weighted by Gasteiger charge is 2.19. The van der Waals surface area contributed by atoms with Crippen molar-refractivity contribution < 1.29 is 27.9 Å². The van der Waals surface area contributed by atoms with Crippen molar-refractivity contribution in [2.24, 2.45) is 0 Å². The lowest BCUT2D eigenvalue weighted by Crippen LogP contribution is -2.29. The highest BCUT2D eigenvalue weighted by Crippen LogP contribution is 2.35. The van der Waals surface area contributed by atoms with E-state index in [0.29, 0.717) is 38.4 Å². The Morgan fingerprint density at radius 1 is 1.16 bits per heavy atom. The second kappa shape index (κ2) is 8.57. The fourth-order valence-electron chi connectivity index (χ4n) is 3.06. The van der Waals surface area contributed by atoms with Crippen molar-refractivity contribution in [2.45, 2.75) is 0 Å². The van der Waals surface area contributed by atoms with Crippen molar-refractivity contribution in [3.63, 3.8) is 0 Å². The minimum atomic E-state index is -0.495. The number of halogens is 1. The second-order valence-electron chi connectivity index (χ2n) is 6.48. The number of carbonyl (C=O) groups is 2. The van der Waals surface area contributed by atoms with E-state index in [0.717, 1.165) is 0 Å². The molecular weight excluding hydrogens is 423 g/mol. The molecule has 0 saturated heterocycles. The van der Waals surface area contributed by atoms with Crippen LogP contribution in [-0.4, -0.2) is 37.4 Å². The van der Waals surface area contributed by atoms with Crippen LogP contribution in [0, 0.1) is 5.82 Å². The number of thiophene rings is 1. The summed E-state index contributed by atoms with van der Waals surface area (Å²) in [6.45, 7) is -0.299. The first-order valence-electron chi connectivity index (χ1n) is 9.17. The Labute approximate surface area is 180 Å². The first-order chi connectivity index (χ1) is 15.0. The van der Waals surface area contributed by atoms with E-state index in [4.69, 9.17) is 13.9 Å². The van der Waals surface area contributed by atoms with Gasteiger partial charge in [-0.2, -0.15) is 0 Å². The Bertz CT molecular complexity index is 1280. The van der Waals surface area contributed by atoms with E-state index in [1.165, 1.54) is 44.0 Å². The van der Waals surface area contributed by atoms with Crippen LogP contribution in [0.3, 0.4) is 0 Å². The molecule has 0 saturated carbocycles. The number of nitrogens with one attached hydrogen (secondary N) is 1. The zero-order chi connectivity index (χ0) is 22.0. The van der Waals surface area contributed by atoms with E-state index in [-0.39, 0.29) is 18.3 Å². The van der Waals surface area contributed by atoms with Crippen LogP contribution in [0.1, 0.15) is 21.0 Å². The molecule has 2 aromatic heterocycles. The van der Waals surface area contributed by atoms with Crippen LogP contribution in [-0.2, 0) is 0 Å². The minimum absolute atomic E-state index is 0.140. The smallest absolute Gasteiger partial charge is 0.265 e. The van der Waals surface area contributed by atoms with E-state index >= 15 is 0 Å². The predicted octanol–water partition coefficient (Wildman–Crippen LogP) is 4.33. The first kappa shape index (κ1) is 20.5. The lowest BCUT2D eigenvalue weighted by molar-refractivity contribution is 0.0889. The number of Topliss-reactive ketones (excluding diaryl/α,β-unsaturated/α-hetero) is 1. The molecule has 0 aliphatic rings. The zero-order valence-corrected chi connectivity index (χ0v) is 17.4. The largest absolute Gasteiger partial charge is 0.493 e. The van der Waals surface area contributed by atoms with Crippen molar-refractivity contribution in [1.29, 1.82) is 0 Å². The first-order valence-corrected chi connectivity index (χ1v) is 10.0. The van der Waals surface area contributed by atoms with Crippen LogP contribution in [0.25, 0.3) is 21.3 Å². The summed E-state index contributed by atoms with van der Waals surface area (Å²) in [5.74, 6) is -0.516. The van der Waals surface area contributed by atoms with Crippen LogP contribution in [0.4, 0.5) is 4.39 Å².